The highest BCUT2D eigenvalue weighted by Crippen LogP contribution is 2.15. The Balaban J connectivity index is 2.14. The highest BCUT2D eigenvalue weighted by Gasteiger charge is 2.11. The summed E-state index contributed by atoms with van der Waals surface area (Å²) in [7, 11) is 0. The average molecular weight is 289 g/mol. The minimum absolute atomic E-state index is 0.0690. The quantitative estimate of drug-likeness (QED) is 0.930. The zero-order chi connectivity index (χ0) is 14.5. The van der Waals surface area contributed by atoms with Gasteiger partial charge in [-0.05, 0) is 17.7 Å². The predicted octanol–water partition coefficient (Wildman–Crippen LogP) is 1.63. The van der Waals surface area contributed by atoms with Crippen LogP contribution in [0.1, 0.15) is 26.3 Å². The predicted molar refractivity (Wildman–Crippen MR) is 73.4 cm³/mol. The summed E-state index contributed by atoms with van der Waals surface area (Å²) in [6.45, 7) is 0.222. The molecule has 0 spiro atoms. The van der Waals surface area contributed by atoms with Gasteiger partial charge in [-0.2, -0.15) is 0 Å². The lowest BCUT2D eigenvalue weighted by Crippen LogP contribution is -2.29. The molecule has 0 aromatic heterocycles. The van der Waals surface area contributed by atoms with E-state index in [1.165, 1.54) is 18.2 Å². The number of halogens is 1. The Labute approximate surface area is 121 Å². The van der Waals surface area contributed by atoms with Gasteiger partial charge in [0.25, 0.3) is 5.91 Å². The molecule has 0 unspecified atom stereocenters. The second-order valence-corrected chi connectivity index (χ2v) is 4.51. The monoisotopic (exact) mass is 288 g/mol. The highest BCUT2D eigenvalue weighted by molar-refractivity contribution is 6.31. The SMILES string of the molecule is O=C([O-])c1ccccc1C(=O)NCc1ccccc1Cl. The van der Waals surface area contributed by atoms with E-state index in [4.69, 9.17) is 11.6 Å². The third-order valence-corrected chi connectivity index (χ3v) is 3.16. The maximum absolute atomic E-state index is 12.0. The van der Waals surface area contributed by atoms with Gasteiger partial charge in [-0.1, -0.05) is 48.0 Å². The van der Waals surface area contributed by atoms with Crippen molar-refractivity contribution in [1.29, 1.82) is 0 Å². The molecule has 102 valence electrons. The number of carboxylic acid groups (broad SMARTS) is 1. The van der Waals surface area contributed by atoms with Crippen molar-refractivity contribution in [2.45, 2.75) is 6.54 Å². The van der Waals surface area contributed by atoms with Crippen LogP contribution in [-0.4, -0.2) is 11.9 Å². The number of benzene rings is 2. The molecule has 20 heavy (non-hydrogen) atoms. The second kappa shape index (κ2) is 6.21. The Morgan fingerprint density at radius 2 is 1.60 bits per heavy atom. The highest BCUT2D eigenvalue weighted by atomic mass is 35.5. The van der Waals surface area contributed by atoms with E-state index in [1.54, 1.807) is 24.3 Å². The standard InChI is InChI=1S/C15H12ClNO3/c16-13-8-4-1-5-10(13)9-17-14(18)11-6-2-3-7-12(11)15(19)20/h1-8H,9H2,(H,17,18)(H,19,20)/p-1. The van der Waals surface area contributed by atoms with Gasteiger partial charge in [0, 0.05) is 22.7 Å². The van der Waals surface area contributed by atoms with Crippen molar-refractivity contribution in [3.63, 3.8) is 0 Å². The molecule has 4 nitrogen and oxygen atoms in total. The minimum Gasteiger partial charge on any atom is -0.545 e. The Morgan fingerprint density at radius 1 is 1.00 bits per heavy atom. The van der Waals surface area contributed by atoms with Gasteiger partial charge >= 0.3 is 0 Å². The van der Waals surface area contributed by atoms with Crippen LogP contribution in [0.15, 0.2) is 48.5 Å². The van der Waals surface area contributed by atoms with Gasteiger partial charge in [-0.3, -0.25) is 4.79 Å². The van der Waals surface area contributed by atoms with E-state index < -0.39 is 11.9 Å². The summed E-state index contributed by atoms with van der Waals surface area (Å²) in [6.07, 6.45) is 0. The van der Waals surface area contributed by atoms with Gasteiger partial charge in [0.05, 0.1) is 5.97 Å². The molecule has 2 aromatic carbocycles. The van der Waals surface area contributed by atoms with Crippen LogP contribution in [0.3, 0.4) is 0 Å². The summed E-state index contributed by atoms with van der Waals surface area (Å²) in [5.41, 5.74) is 0.692. The molecule has 0 aliphatic carbocycles. The third kappa shape index (κ3) is 3.16. The molecule has 0 bridgehead atoms. The molecular formula is C15H11ClNO3-. The zero-order valence-electron chi connectivity index (χ0n) is 10.4. The first-order chi connectivity index (χ1) is 9.59. The number of nitrogens with one attached hydrogen (secondary N) is 1. The number of amides is 1. The molecule has 0 fully saturated rings. The van der Waals surface area contributed by atoms with E-state index in [2.05, 4.69) is 5.32 Å². The molecule has 0 saturated carbocycles. The molecule has 0 atom stereocenters. The van der Waals surface area contributed by atoms with Crippen LogP contribution in [0.2, 0.25) is 5.02 Å². The summed E-state index contributed by atoms with van der Waals surface area (Å²) in [5.74, 6) is -1.86. The molecule has 2 aromatic rings. The Morgan fingerprint density at radius 3 is 2.25 bits per heavy atom. The van der Waals surface area contributed by atoms with Gasteiger partial charge in [-0.15, -0.1) is 0 Å². The van der Waals surface area contributed by atoms with Crippen molar-refractivity contribution in [2.24, 2.45) is 0 Å². The number of aromatic carboxylic acids is 1. The van der Waals surface area contributed by atoms with E-state index in [0.29, 0.717) is 5.02 Å². The molecule has 0 saturated heterocycles. The minimum atomic E-state index is -1.38. The third-order valence-electron chi connectivity index (χ3n) is 2.79. The first-order valence-electron chi connectivity index (χ1n) is 5.91. The van der Waals surface area contributed by atoms with Gasteiger partial charge in [0.15, 0.2) is 0 Å². The lowest BCUT2D eigenvalue weighted by Gasteiger charge is -2.11. The smallest absolute Gasteiger partial charge is 0.252 e. The number of hydrogen-bond donors (Lipinski definition) is 1. The molecule has 0 aliphatic heterocycles. The largest absolute Gasteiger partial charge is 0.545 e. The summed E-state index contributed by atoms with van der Waals surface area (Å²) < 4.78 is 0. The van der Waals surface area contributed by atoms with Crippen LogP contribution >= 0.6 is 11.6 Å². The summed E-state index contributed by atoms with van der Waals surface area (Å²) >= 11 is 5.98. The number of hydrogen-bond acceptors (Lipinski definition) is 3. The van der Waals surface area contributed by atoms with E-state index in [-0.39, 0.29) is 17.7 Å². The van der Waals surface area contributed by atoms with Crippen LogP contribution in [0.4, 0.5) is 0 Å². The van der Waals surface area contributed by atoms with Crippen LogP contribution in [-0.2, 0) is 6.54 Å². The number of carboxylic acids is 1. The maximum atomic E-state index is 12.0. The van der Waals surface area contributed by atoms with E-state index >= 15 is 0 Å². The van der Waals surface area contributed by atoms with E-state index in [1.807, 2.05) is 6.07 Å². The van der Waals surface area contributed by atoms with E-state index in [9.17, 15) is 14.7 Å². The second-order valence-electron chi connectivity index (χ2n) is 4.11. The molecule has 2 rings (SSSR count). The van der Waals surface area contributed by atoms with Crippen molar-refractivity contribution in [2.75, 3.05) is 0 Å². The Bertz CT molecular complexity index is 655. The zero-order valence-corrected chi connectivity index (χ0v) is 11.2. The summed E-state index contributed by atoms with van der Waals surface area (Å²) in [6, 6.07) is 13.0. The molecular weight excluding hydrogens is 278 g/mol. The first-order valence-corrected chi connectivity index (χ1v) is 6.29. The van der Waals surface area contributed by atoms with Crippen LogP contribution < -0.4 is 10.4 Å². The Kier molecular flexibility index (Phi) is 4.38. The molecule has 0 radical (unpaired) electrons. The maximum Gasteiger partial charge on any atom is 0.252 e. The lowest BCUT2D eigenvalue weighted by atomic mass is 10.1. The van der Waals surface area contributed by atoms with Crippen molar-refractivity contribution >= 4 is 23.5 Å². The molecule has 1 amide bonds. The van der Waals surface area contributed by atoms with Crippen molar-refractivity contribution < 1.29 is 14.7 Å². The van der Waals surface area contributed by atoms with Crippen molar-refractivity contribution in [1.82, 2.24) is 5.32 Å². The van der Waals surface area contributed by atoms with Gasteiger partial charge in [0.1, 0.15) is 0 Å². The fourth-order valence-corrected chi connectivity index (χ4v) is 1.97. The number of carbonyl (C=O) groups is 2. The molecule has 5 heteroatoms. The van der Waals surface area contributed by atoms with Gasteiger partial charge in [0.2, 0.25) is 0 Å². The summed E-state index contributed by atoms with van der Waals surface area (Å²) in [5, 5.41) is 14.1. The topological polar surface area (TPSA) is 69.2 Å². The first kappa shape index (κ1) is 14.1. The van der Waals surface area contributed by atoms with Crippen molar-refractivity contribution in [3.8, 4) is 0 Å². The summed E-state index contributed by atoms with van der Waals surface area (Å²) in [4.78, 5) is 23.0. The number of carbonyl (C=O) groups excluding carboxylic acids is 2. The molecule has 0 aliphatic rings. The van der Waals surface area contributed by atoms with Gasteiger partial charge < -0.3 is 15.2 Å². The normalized spacial score (nSPS) is 10.1. The number of rotatable bonds is 4. The van der Waals surface area contributed by atoms with Crippen LogP contribution in [0, 0.1) is 0 Å². The fourth-order valence-electron chi connectivity index (χ4n) is 1.77. The molecule has 1 N–H and O–H groups in total. The average Bonchev–Trinajstić information content (AvgIpc) is 2.46. The Hall–Kier alpha value is -2.33. The lowest BCUT2D eigenvalue weighted by molar-refractivity contribution is -0.255. The van der Waals surface area contributed by atoms with E-state index in [0.717, 1.165) is 5.56 Å². The van der Waals surface area contributed by atoms with Crippen LogP contribution in [0.25, 0.3) is 0 Å². The van der Waals surface area contributed by atoms with Crippen molar-refractivity contribution in [3.05, 3.63) is 70.2 Å². The fraction of sp³-hybridized carbons (Fsp3) is 0.0667. The van der Waals surface area contributed by atoms with Crippen LogP contribution in [0.5, 0.6) is 0 Å². The molecule has 0 heterocycles. The van der Waals surface area contributed by atoms with Gasteiger partial charge in [-0.25, -0.2) is 0 Å².